The van der Waals surface area contributed by atoms with Gasteiger partial charge in [0.2, 0.25) is 11.8 Å². The monoisotopic (exact) mass is 356 g/mol. The smallest absolute Gasteiger partial charge is 0.332 e. The molecule has 1 aliphatic heterocycles. The summed E-state index contributed by atoms with van der Waals surface area (Å²) in [7, 11) is 2.87. The minimum atomic E-state index is -1.23. The van der Waals surface area contributed by atoms with E-state index in [1.54, 1.807) is 0 Å². The zero-order valence-electron chi connectivity index (χ0n) is 15.6. The molecule has 0 saturated carbocycles. The van der Waals surface area contributed by atoms with Crippen LogP contribution in [0.3, 0.4) is 0 Å². The Labute approximate surface area is 152 Å². The molecule has 26 heavy (non-hydrogen) atoms. The first-order valence-corrected chi connectivity index (χ1v) is 8.84. The van der Waals surface area contributed by atoms with E-state index < -0.39 is 23.3 Å². The van der Waals surface area contributed by atoms with Gasteiger partial charge in [-0.25, -0.2) is 4.79 Å². The van der Waals surface area contributed by atoms with Crippen molar-refractivity contribution in [3.8, 4) is 0 Å². The summed E-state index contributed by atoms with van der Waals surface area (Å²) < 4.78 is 5.84. The Kier molecular flexibility index (Phi) is 4.61. The van der Waals surface area contributed by atoms with Crippen LogP contribution in [0.2, 0.25) is 0 Å². The summed E-state index contributed by atoms with van der Waals surface area (Å²) in [5.41, 5.74) is -0.448. The first kappa shape index (κ1) is 18.2. The van der Waals surface area contributed by atoms with Crippen molar-refractivity contribution in [3.63, 3.8) is 0 Å². The molecule has 6 nitrogen and oxygen atoms in total. The highest BCUT2D eigenvalue weighted by Crippen LogP contribution is 2.39. The fourth-order valence-electron chi connectivity index (χ4n) is 3.82. The zero-order chi connectivity index (χ0) is 19.1. The molecule has 1 aromatic carbocycles. The molecule has 3 rings (SSSR count). The van der Waals surface area contributed by atoms with Gasteiger partial charge in [0.25, 0.3) is 0 Å². The lowest BCUT2D eigenvalue weighted by molar-refractivity contribution is -0.159. The Hall–Kier alpha value is -2.63. The van der Waals surface area contributed by atoms with Crippen LogP contribution in [0.1, 0.15) is 32.4 Å². The molecule has 1 saturated heterocycles. The van der Waals surface area contributed by atoms with Gasteiger partial charge in [-0.15, -0.1) is 0 Å². The lowest BCUT2D eigenvalue weighted by atomic mass is 9.73. The molecule has 4 amide bonds. The number of benzene rings is 1. The maximum atomic E-state index is 13.0. The number of para-hydroxylation sites is 1. The van der Waals surface area contributed by atoms with E-state index in [4.69, 9.17) is 4.42 Å². The Morgan fingerprint density at radius 3 is 2.23 bits per heavy atom. The van der Waals surface area contributed by atoms with E-state index in [9.17, 15) is 14.4 Å². The van der Waals surface area contributed by atoms with Crippen LogP contribution in [-0.4, -0.2) is 41.7 Å². The third kappa shape index (κ3) is 2.89. The van der Waals surface area contributed by atoms with Gasteiger partial charge in [0.05, 0.1) is 0 Å². The molecule has 0 atom stereocenters. The average molecular weight is 356 g/mol. The summed E-state index contributed by atoms with van der Waals surface area (Å²) in [4.78, 5) is 40.2. The lowest BCUT2D eigenvalue weighted by Gasteiger charge is -2.42. The van der Waals surface area contributed by atoms with Crippen molar-refractivity contribution >= 4 is 28.8 Å². The van der Waals surface area contributed by atoms with Gasteiger partial charge in [-0.1, -0.05) is 32.0 Å². The number of rotatable bonds is 5. The standard InChI is InChI=1S/C20H24N2O4/c1-13(2)12-20(17(23)21(3)19(25)22(4)18(20)24)10-9-15-11-14-7-5-6-8-16(14)26-15/h5-8,11,13H,9-10,12H2,1-4H3. The molecule has 0 spiro atoms. The van der Waals surface area contributed by atoms with E-state index in [-0.39, 0.29) is 5.92 Å². The Morgan fingerprint density at radius 2 is 1.65 bits per heavy atom. The number of carbonyl (C=O) groups excluding carboxylic acids is 3. The highest BCUT2D eigenvalue weighted by molar-refractivity contribution is 6.18. The number of fused-ring (bicyclic) bond motifs is 1. The van der Waals surface area contributed by atoms with E-state index in [2.05, 4.69) is 0 Å². The average Bonchev–Trinajstić information content (AvgIpc) is 3.03. The summed E-state index contributed by atoms with van der Waals surface area (Å²) in [6.07, 6.45) is 1.16. The van der Waals surface area contributed by atoms with Crippen molar-refractivity contribution in [2.45, 2.75) is 33.1 Å². The van der Waals surface area contributed by atoms with Crippen LogP contribution in [0.25, 0.3) is 11.0 Å². The van der Waals surface area contributed by atoms with Crippen molar-refractivity contribution in [2.24, 2.45) is 11.3 Å². The first-order chi connectivity index (χ1) is 12.3. The molecule has 1 aromatic heterocycles. The van der Waals surface area contributed by atoms with E-state index in [0.29, 0.717) is 19.3 Å². The summed E-state index contributed by atoms with van der Waals surface area (Å²) >= 11 is 0. The van der Waals surface area contributed by atoms with Gasteiger partial charge in [0, 0.05) is 25.9 Å². The fraction of sp³-hybridized carbons (Fsp3) is 0.450. The second-order valence-electron chi connectivity index (χ2n) is 7.44. The van der Waals surface area contributed by atoms with Crippen molar-refractivity contribution in [3.05, 3.63) is 36.1 Å². The number of aryl methyl sites for hydroxylation is 1. The third-order valence-electron chi connectivity index (χ3n) is 5.03. The minimum Gasteiger partial charge on any atom is -0.461 e. The van der Waals surface area contributed by atoms with Gasteiger partial charge >= 0.3 is 6.03 Å². The summed E-state index contributed by atoms with van der Waals surface area (Å²) in [5.74, 6) is 0.0246. The molecule has 1 fully saturated rings. The van der Waals surface area contributed by atoms with Gasteiger partial charge in [-0.2, -0.15) is 0 Å². The Bertz CT molecular complexity index is 811. The van der Waals surface area contributed by atoms with E-state index in [0.717, 1.165) is 26.5 Å². The molecule has 0 aliphatic carbocycles. The van der Waals surface area contributed by atoms with Crippen LogP contribution in [0.15, 0.2) is 34.7 Å². The summed E-state index contributed by atoms with van der Waals surface area (Å²) in [6, 6.07) is 9.05. The summed E-state index contributed by atoms with van der Waals surface area (Å²) in [5, 5.41) is 0.992. The molecular weight excluding hydrogens is 332 g/mol. The van der Waals surface area contributed by atoms with Crippen molar-refractivity contribution in [1.29, 1.82) is 0 Å². The number of barbiturate groups is 1. The Balaban J connectivity index is 1.93. The lowest BCUT2D eigenvalue weighted by Crippen LogP contribution is -2.63. The van der Waals surface area contributed by atoms with Gasteiger partial charge < -0.3 is 4.42 Å². The molecule has 2 aromatic rings. The largest absolute Gasteiger partial charge is 0.461 e. The molecule has 138 valence electrons. The molecule has 1 aliphatic rings. The number of hydrogen-bond acceptors (Lipinski definition) is 4. The molecule has 6 heteroatoms. The van der Waals surface area contributed by atoms with Gasteiger partial charge in [0.15, 0.2) is 0 Å². The quantitative estimate of drug-likeness (QED) is 0.770. The topological polar surface area (TPSA) is 70.8 Å². The van der Waals surface area contributed by atoms with Crippen molar-refractivity contribution in [1.82, 2.24) is 9.80 Å². The summed E-state index contributed by atoms with van der Waals surface area (Å²) in [6.45, 7) is 3.94. The molecule has 2 heterocycles. The SMILES string of the molecule is CC(C)CC1(CCc2cc3ccccc3o2)C(=O)N(C)C(=O)N(C)C1=O. The van der Waals surface area contributed by atoms with Crippen LogP contribution < -0.4 is 0 Å². The van der Waals surface area contributed by atoms with Gasteiger partial charge in [0.1, 0.15) is 16.8 Å². The van der Waals surface area contributed by atoms with Crippen LogP contribution in [0, 0.1) is 11.3 Å². The first-order valence-electron chi connectivity index (χ1n) is 8.84. The predicted molar refractivity (Wildman–Crippen MR) is 97.4 cm³/mol. The predicted octanol–water partition coefficient (Wildman–Crippen LogP) is 3.45. The molecule has 0 N–H and O–H groups in total. The Morgan fingerprint density at radius 1 is 1.04 bits per heavy atom. The highest BCUT2D eigenvalue weighted by Gasteiger charge is 2.55. The zero-order valence-corrected chi connectivity index (χ0v) is 15.6. The van der Waals surface area contributed by atoms with E-state index in [1.807, 2.05) is 44.2 Å². The number of amides is 4. The normalized spacial score (nSPS) is 17.7. The number of carbonyl (C=O) groups is 3. The minimum absolute atomic E-state index is 0.133. The van der Waals surface area contributed by atoms with Gasteiger partial charge in [-0.3, -0.25) is 19.4 Å². The van der Waals surface area contributed by atoms with Crippen molar-refractivity contribution < 1.29 is 18.8 Å². The second kappa shape index (κ2) is 6.59. The highest BCUT2D eigenvalue weighted by atomic mass is 16.3. The van der Waals surface area contributed by atoms with Crippen LogP contribution in [0.5, 0.6) is 0 Å². The number of urea groups is 1. The number of hydrogen-bond donors (Lipinski definition) is 0. The maximum absolute atomic E-state index is 13.0. The molecule has 0 unspecified atom stereocenters. The maximum Gasteiger partial charge on any atom is 0.332 e. The fourth-order valence-corrected chi connectivity index (χ4v) is 3.82. The van der Waals surface area contributed by atoms with E-state index in [1.165, 1.54) is 14.1 Å². The molecule has 0 bridgehead atoms. The number of imide groups is 2. The molecular formula is C20H24N2O4. The third-order valence-corrected chi connectivity index (χ3v) is 5.03. The second-order valence-corrected chi connectivity index (χ2v) is 7.44. The number of furan rings is 1. The van der Waals surface area contributed by atoms with Crippen molar-refractivity contribution in [2.75, 3.05) is 14.1 Å². The van der Waals surface area contributed by atoms with Crippen LogP contribution in [-0.2, 0) is 16.0 Å². The van der Waals surface area contributed by atoms with Gasteiger partial charge in [-0.05, 0) is 30.9 Å². The van der Waals surface area contributed by atoms with Crippen LogP contribution in [0.4, 0.5) is 4.79 Å². The number of nitrogens with zero attached hydrogens (tertiary/aromatic N) is 2. The molecule has 0 radical (unpaired) electrons. The van der Waals surface area contributed by atoms with E-state index >= 15 is 0 Å². The van der Waals surface area contributed by atoms with Crippen LogP contribution >= 0.6 is 0 Å².